The van der Waals surface area contributed by atoms with Crippen LogP contribution >= 0.6 is 0 Å². The van der Waals surface area contributed by atoms with E-state index in [0.29, 0.717) is 25.0 Å². The first kappa shape index (κ1) is 23.8. The first-order chi connectivity index (χ1) is 16.1. The Bertz CT molecular complexity index is 881. The average Bonchev–Trinajstić information content (AvgIpc) is 3.59. The number of ether oxygens (including phenoxy) is 3. The summed E-state index contributed by atoms with van der Waals surface area (Å²) in [5.74, 6) is 1.99. The van der Waals surface area contributed by atoms with Gasteiger partial charge in [0.05, 0.1) is 19.8 Å². The molecule has 8 heteroatoms. The van der Waals surface area contributed by atoms with E-state index in [1.54, 1.807) is 7.11 Å². The number of rotatable bonds is 11. The normalized spacial score (nSPS) is 20.8. The van der Waals surface area contributed by atoms with Crippen LogP contribution in [-0.4, -0.2) is 50.5 Å². The lowest BCUT2D eigenvalue weighted by molar-refractivity contribution is 0.184. The van der Waals surface area contributed by atoms with Gasteiger partial charge in [0.1, 0.15) is 17.4 Å². The van der Waals surface area contributed by atoms with Gasteiger partial charge in [-0.3, -0.25) is 0 Å². The Hall–Kier alpha value is -2.32. The van der Waals surface area contributed by atoms with Crippen molar-refractivity contribution in [1.29, 1.82) is 0 Å². The zero-order valence-corrected chi connectivity index (χ0v) is 19.4. The topological polar surface area (TPSA) is 56.7 Å². The van der Waals surface area contributed by atoms with Crippen molar-refractivity contribution in [3.8, 4) is 5.75 Å². The molecule has 0 radical (unpaired) electrons. The molecule has 1 saturated heterocycles. The third kappa shape index (κ3) is 6.18. The van der Waals surface area contributed by atoms with E-state index in [-0.39, 0.29) is 24.3 Å². The summed E-state index contributed by atoms with van der Waals surface area (Å²) >= 11 is 0. The minimum atomic E-state index is -0.574. The van der Waals surface area contributed by atoms with Crippen molar-refractivity contribution in [3.63, 3.8) is 0 Å². The molecule has 33 heavy (non-hydrogen) atoms. The predicted molar refractivity (Wildman–Crippen MR) is 121 cm³/mol. The summed E-state index contributed by atoms with van der Waals surface area (Å²) in [5.41, 5.74) is 1.03. The zero-order valence-electron chi connectivity index (χ0n) is 19.4. The number of aromatic nitrogens is 2. The summed E-state index contributed by atoms with van der Waals surface area (Å²) in [6.07, 6.45) is 8.30. The lowest BCUT2D eigenvalue weighted by atomic mass is 9.90. The van der Waals surface area contributed by atoms with Crippen molar-refractivity contribution in [2.75, 3.05) is 45.4 Å². The molecule has 2 aromatic rings. The SMILES string of the molecule is COCCc1c(F)cc(OCC[C@H]2C[C@H]2C2CCN(c3ncc(COC)cn3)CC2)cc1F. The van der Waals surface area contributed by atoms with E-state index in [1.807, 2.05) is 12.4 Å². The Morgan fingerprint density at radius 2 is 1.70 bits per heavy atom. The third-order valence-corrected chi connectivity index (χ3v) is 6.84. The Morgan fingerprint density at radius 1 is 1.00 bits per heavy atom. The van der Waals surface area contributed by atoms with Gasteiger partial charge in [-0.05, 0) is 43.4 Å². The number of hydrogen-bond donors (Lipinski definition) is 0. The second-order valence-electron chi connectivity index (χ2n) is 9.05. The minimum absolute atomic E-state index is 0.0501. The summed E-state index contributed by atoms with van der Waals surface area (Å²) in [6, 6.07) is 2.55. The first-order valence-electron chi connectivity index (χ1n) is 11.7. The van der Waals surface area contributed by atoms with Gasteiger partial charge in [0.2, 0.25) is 5.95 Å². The van der Waals surface area contributed by atoms with Crippen LogP contribution in [0.15, 0.2) is 24.5 Å². The molecule has 180 valence electrons. The predicted octanol–water partition coefficient (Wildman–Crippen LogP) is 4.41. The molecule has 0 N–H and O–H groups in total. The lowest BCUT2D eigenvalue weighted by Crippen LogP contribution is -2.35. The van der Waals surface area contributed by atoms with Crippen LogP contribution in [0.3, 0.4) is 0 Å². The van der Waals surface area contributed by atoms with Crippen LogP contribution in [0.4, 0.5) is 14.7 Å². The van der Waals surface area contributed by atoms with Gasteiger partial charge in [-0.1, -0.05) is 0 Å². The molecule has 0 bridgehead atoms. The van der Waals surface area contributed by atoms with Gasteiger partial charge in [-0.25, -0.2) is 18.7 Å². The Kier molecular flexibility index (Phi) is 8.09. The van der Waals surface area contributed by atoms with Gasteiger partial charge in [0, 0.05) is 69.4 Å². The fourth-order valence-corrected chi connectivity index (χ4v) is 4.89. The van der Waals surface area contributed by atoms with Gasteiger partial charge >= 0.3 is 0 Å². The van der Waals surface area contributed by atoms with E-state index in [4.69, 9.17) is 14.2 Å². The second-order valence-corrected chi connectivity index (χ2v) is 9.05. The van der Waals surface area contributed by atoms with Crippen LogP contribution in [0.2, 0.25) is 0 Å². The van der Waals surface area contributed by atoms with Crippen LogP contribution < -0.4 is 9.64 Å². The van der Waals surface area contributed by atoms with Crippen LogP contribution in [0.5, 0.6) is 5.75 Å². The van der Waals surface area contributed by atoms with Gasteiger partial charge in [0.25, 0.3) is 0 Å². The molecule has 0 unspecified atom stereocenters. The number of anilines is 1. The number of nitrogens with zero attached hydrogens (tertiary/aromatic N) is 3. The molecule has 1 aromatic carbocycles. The largest absolute Gasteiger partial charge is 0.493 e. The number of methoxy groups -OCH3 is 2. The number of hydrogen-bond acceptors (Lipinski definition) is 6. The molecule has 2 heterocycles. The Labute approximate surface area is 194 Å². The van der Waals surface area contributed by atoms with E-state index in [0.717, 1.165) is 49.8 Å². The van der Waals surface area contributed by atoms with Gasteiger partial charge in [0.15, 0.2) is 0 Å². The molecule has 2 aliphatic rings. The number of benzene rings is 1. The molecule has 1 aliphatic heterocycles. The van der Waals surface area contributed by atoms with Crippen molar-refractivity contribution >= 4 is 5.95 Å². The fourth-order valence-electron chi connectivity index (χ4n) is 4.89. The van der Waals surface area contributed by atoms with Gasteiger partial charge in [-0.15, -0.1) is 0 Å². The van der Waals surface area contributed by atoms with Crippen molar-refractivity contribution in [3.05, 3.63) is 47.3 Å². The maximum absolute atomic E-state index is 14.2. The second kappa shape index (κ2) is 11.2. The van der Waals surface area contributed by atoms with Crippen LogP contribution in [0.25, 0.3) is 0 Å². The molecule has 1 aliphatic carbocycles. The Morgan fingerprint density at radius 3 is 2.33 bits per heavy atom. The van der Waals surface area contributed by atoms with Crippen LogP contribution in [-0.2, 0) is 22.5 Å². The highest BCUT2D eigenvalue weighted by atomic mass is 19.1. The molecule has 0 spiro atoms. The molecule has 6 nitrogen and oxygen atoms in total. The molecule has 1 saturated carbocycles. The van der Waals surface area contributed by atoms with Crippen LogP contribution in [0, 0.1) is 29.4 Å². The van der Waals surface area contributed by atoms with E-state index < -0.39 is 11.6 Å². The summed E-state index contributed by atoms with van der Waals surface area (Å²) in [7, 11) is 3.18. The molecular weight excluding hydrogens is 428 g/mol. The summed E-state index contributed by atoms with van der Waals surface area (Å²) < 4.78 is 44.0. The molecular formula is C25H33F2N3O3. The standard InChI is InChI=1S/C25H33F2N3O3/c1-31-9-6-21-23(26)12-20(13-24(21)27)33-10-5-19-11-22(19)18-3-7-30(8-4-18)25-28-14-17(15-29-25)16-32-2/h12-15,18-19,22H,3-11,16H2,1-2H3/t19-,22-/m0/s1. The Balaban J connectivity index is 1.18. The molecule has 4 rings (SSSR count). The highest BCUT2D eigenvalue weighted by molar-refractivity contribution is 5.31. The first-order valence-corrected chi connectivity index (χ1v) is 11.7. The maximum Gasteiger partial charge on any atom is 0.225 e. The number of halogens is 2. The van der Waals surface area contributed by atoms with E-state index in [2.05, 4.69) is 14.9 Å². The monoisotopic (exact) mass is 461 g/mol. The molecule has 2 atom stereocenters. The molecule has 2 fully saturated rings. The quantitative estimate of drug-likeness (QED) is 0.494. The molecule has 1 aromatic heterocycles. The van der Waals surface area contributed by atoms with E-state index in [1.165, 1.54) is 25.7 Å². The van der Waals surface area contributed by atoms with Gasteiger partial charge in [-0.2, -0.15) is 0 Å². The average molecular weight is 462 g/mol. The smallest absolute Gasteiger partial charge is 0.225 e. The van der Waals surface area contributed by atoms with Crippen molar-refractivity contribution < 1.29 is 23.0 Å². The summed E-state index contributed by atoms with van der Waals surface area (Å²) in [6.45, 7) is 3.24. The lowest BCUT2D eigenvalue weighted by Gasteiger charge is -2.32. The third-order valence-electron chi connectivity index (χ3n) is 6.84. The highest BCUT2D eigenvalue weighted by Gasteiger charge is 2.43. The van der Waals surface area contributed by atoms with Gasteiger partial charge < -0.3 is 19.1 Å². The van der Waals surface area contributed by atoms with E-state index in [9.17, 15) is 8.78 Å². The highest BCUT2D eigenvalue weighted by Crippen LogP contribution is 2.49. The molecule has 0 amide bonds. The van der Waals surface area contributed by atoms with E-state index >= 15 is 0 Å². The fraction of sp³-hybridized carbons (Fsp3) is 0.600. The zero-order chi connectivity index (χ0) is 23.2. The van der Waals surface area contributed by atoms with Crippen molar-refractivity contribution in [2.24, 2.45) is 17.8 Å². The van der Waals surface area contributed by atoms with Crippen molar-refractivity contribution in [2.45, 2.75) is 38.7 Å². The van der Waals surface area contributed by atoms with Crippen molar-refractivity contribution in [1.82, 2.24) is 9.97 Å². The van der Waals surface area contributed by atoms with Crippen LogP contribution in [0.1, 0.15) is 36.8 Å². The minimum Gasteiger partial charge on any atom is -0.493 e. The summed E-state index contributed by atoms with van der Waals surface area (Å²) in [4.78, 5) is 11.2. The summed E-state index contributed by atoms with van der Waals surface area (Å²) in [5, 5.41) is 0. The maximum atomic E-state index is 14.2. The number of piperidine rings is 1.